The Kier molecular flexibility index (Phi) is 2.36. The summed E-state index contributed by atoms with van der Waals surface area (Å²) in [5, 5.41) is 0. The van der Waals surface area contributed by atoms with Crippen LogP contribution in [0, 0.1) is 11.7 Å². The van der Waals surface area contributed by atoms with Crippen LogP contribution in [0.1, 0.15) is 18.4 Å². The topological polar surface area (TPSA) is 29.3 Å². The molecule has 1 aliphatic heterocycles. The average molecular weight is 220 g/mol. The maximum Gasteiger partial charge on any atom is 0.125 e. The van der Waals surface area contributed by atoms with Crippen LogP contribution in [0.5, 0.6) is 0 Å². The van der Waals surface area contributed by atoms with E-state index in [0.29, 0.717) is 12.6 Å². The first-order valence-corrected chi connectivity index (χ1v) is 6.04. The normalized spacial score (nSPS) is 21.0. The Morgan fingerprint density at radius 1 is 1.44 bits per heavy atom. The van der Waals surface area contributed by atoms with Crippen LogP contribution in [0.25, 0.3) is 0 Å². The lowest BCUT2D eigenvalue weighted by Crippen LogP contribution is -2.41. The van der Waals surface area contributed by atoms with E-state index in [2.05, 4.69) is 4.90 Å². The Hall–Kier alpha value is -1.09. The van der Waals surface area contributed by atoms with Crippen molar-refractivity contribution in [1.82, 2.24) is 0 Å². The molecule has 0 spiro atoms. The van der Waals surface area contributed by atoms with Gasteiger partial charge in [0.2, 0.25) is 0 Å². The molecule has 1 aliphatic carbocycles. The molecule has 1 aromatic carbocycles. The van der Waals surface area contributed by atoms with Gasteiger partial charge in [0, 0.05) is 24.8 Å². The second kappa shape index (κ2) is 3.74. The van der Waals surface area contributed by atoms with E-state index in [0.717, 1.165) is 24.6 Å². The van der Waals surface area contributed by atoms with Gasteiger partial charge >= 0.3 is 0 Å². The molecule has 0 radical (unpaired) electrons. The maximum absolute atomic E-state index is 13.3. The van der Waals surface area contributed by atoms with Crippen molar-refractivity contribution in [2.24, 2.45) is 11.7 Å². The van der Waals surface area contributed by atoms with E-state index >= 15 is 0 Å². The lowest BCUT2D eigenvalue weighted by atomic mass is 10.1. The summed E-state index contributed by atoms with van der Waals surface area (Å²) in [7, 11) is 0. The molecule has 3 heteroatoms. The van der Waals surface area contributed by atoms with Crippen molar-refractivity contribution in [3.63, 3.8) is 0 Å². The van der Waals surface area contributed by atoms with Gasteiger partial charge in [0.15, 0.2) is 0 Å². The number of fused-ring (bicyclic) bond motifs is 1. The maximum atomic E-state index is 13.3. The van der Waals surface area contributed by atoms with E-state index in [1.54, 1.807) is 12.1 Å². The molecule has 16 heavy (non-hydrogen) atoms. The minimum absolute atomic E-state index is 0.141. The van der Waals surface area contributed by atoms with Gasteiger partial charge in [-0.2, -0.15) is 0 Å². The molecule has 1 unspecified atom stereocenters. The van der Waals surface area contributed by atoms with Crippen molar-refractivity contribution in [2.75, 3.05) is 18.0 Å². The molecule has 0 saturated heterocycles. The Bertz CT molecular complexity index is 401. The number of hydrogen-bond donors (Lipinski definition) is 1. The highest BCUT2D eigenvalue weighted by molar-refractivity contribution is 5.59. The highest BCUT2D eigenvalue weighted by Gasteiger charge is 2.36. The minimum Gasteiger partial charge on any atom is -0.366 e. The smallest absolute Gasteiger partial charge is 0.125 e. The lowest BCUT2D eigenvalue weighted by molar-refractivity contribution is 0.550. The van der Waals surface area contributed by atoms with Gasteiger partial charge in [-0.25, -0.2) is 4.39 Å². The molecule has 0 aromatic heterocycles. The van der Waals surface area contributed by atoms with Crippen LogP contribution in [0.4, 0.5) is 10.1 Å². The molecular weight excluding hydrogens is 203 g/mol. The monoisotopic (exact) mass is 220 g/mol. The molecule has 0 bridgehead atoms. The predicted octanol–water partition coefficient (Wildman–Crippen LogP) is 1.93. The number of nitrogens with zero attached hydrogens (tertiary/aromatic N) is 1. The minimum atomic E-state index is -0.141. The van der Waals surface area contributed by atoms with Crippen LogP contribution < -0.4 is 10.6 Å². The Balaban J connectivity index is 1.91. The van der Waals surface area contributed by atoms with Gasteiger partial charge < -0.3 is 10.6 Å². The molecule has 2 N–H and O–H groups in total. The third kappa shape index (κ3) is 1.59. The first kappa shape index (κ1) is 10.1. The second-order valence-electron chi connectivity index (χ2n) is 4.86. The van der Waals surface area contributed by atoms with Gasteiger partial charge in [0.1, 0.15) is 5.82 Å². The van der Waals surface area contributed by atoms with Gasteiger partial charge in [-0.05, 0) is 42.9 Å². The van der Waals surface area contributed by atoms with Crippen LogP contribution in [0.15, 0.2) is 18.2 Å². The summed E-state index contributed by atoms with van der Waals surface area (Å²) in [6, 6.07) is 5.54. The molecule has 1 atom stereocenters. The largest absolute Gasteiger partial charge is 0.366 e. The number of benzene rings is 1. The van der Waals surface area contributed by atoms with Crippen molar-refractivity contribution < 1.29 is 4.39 Å². The van der Waals surface area contributed by atoms with Gasteiger partial charge in [-0.3, -0.25) is 0 Å². The van der Waals surface area contributed by atoms with E-state index < -0.39 is 0 Å². The van der Waals surface area contributed by atoms with Gasteiger partial charge in [-0.15, -0.1) is 0 Å². The summed E-state index contributed by atoms with van der Waals surface area (Å²) in [5.74, 6) is 0.594. The zero-order valence-electron chi connectivity index (χ0n) is 9.32. The first-order chi connectivity index (χ1) is 7.79. The highest BCUT2D eigenvalue weighted by atomic mass is 19.1. The quantitative estimate of drug-likeness (QED) is 0.843. The number of halogens is 1. The van der Waals surface area contributed by atoms with Crippen LogP contribution in [0.3, 0.4) is 0 Å². The summed E-state index contributed by atoms with van der Waals surface area (Å²) in [6.45, 7) is 1.68. The van der Waals surface area contributed by atoms with Crippen LogP contribution in [0.2, 0.25) is 0 Å². The SMILES string of the molecule is NCC(C1CC1)N1CCc2ccc(F)cc21. The van der Waals surface area contributed by atoms with Crippen molar-refractivity contribution in [2.45, 2.75) is 25.3 Å². The van der Waals surface area contributed by atoms with Gasteiger partial charge in [-0.1, -0.05) is 6.07 Å². The molecule has 0 amide bonds. The van der Waals surface area contributed by atoms with Crippen molar-refractivity contribution in [3.05, 3.63) is 29.6 Å². The third-order valence-electron chi connectivity index (χ3n) is 3.79. The molecule has 3 rings (SSSR count). The average Bonchev–Trinajstić information content (AvgIpc) is 3.03. The molecule has 1 saturated carbocycles. The highest BCUT2D eigenvalue weighted by Crippen LogP contribution is 2.39. The standard InChI is InChI=1S/C13H17FN2/c14-11-4-3-10-5-6-16(12(10)7-11)13(8-15)9-1-2-9/h3-4,7,9,13H,1-2,5-6,8,15H2. The molecule has 2 nitrogen and oxygen atoms in total. The van der Waals surface area contributed by atoms with E-state index in [4.69, 9.17) is 5.73 Å². The number of nitrogens with two attached hydrogens (primary N) is 1. The summed E-state index contributed by atoms with van der Waals surface area (Å²) in [4.78, 5) is 2.32. The fourth-order valence-corrected chi connectivity index (χ4v) is 2.78. The Morgan fingerprint density at radius 2 is 2.25 bits per heavy atom. The van der Waals surface area contributed by atoms with E-state index in [9.17, 15) is 4.39 Å². The molecule has 1 fully saturated rings. The summed E-state index contributed by atoms with van der Waals surface area (Å²) in [5.41, 5.74) is 8.19. The van der Waals surface area contributed by atoms with E-state index in [1.807, 2.05) is 6.07 Å². The lowest BCUT2D eigenvalue weighted by Gasteiger charge is -2.29. The number of anilines is 1. The zero-order valence-corrected chi connectivity index (χ0v) is 9.32. The summed E-state index contributed by atoms with van der Waals surface area (Å²) < 4.78 is 13.3. The van der Waals surface area contributed by atoms with Crippen molar-refractivity contribution in [1.29, 1.82) is 0 Å². The van der Waals surface area contributed by atoms with Crippen LogP contribution >= 0.6 is 0 Å². The molecular formula is C13H17FN2. The first-order valence-electron chi connectivity index (χ1n) is 6.04. The van der Waals surface area contributed by atoms with Crippen molar-refractivity contribution >= 4 is 5.69 Å². The third-order valence-corrected chi connectivity index (χ3v) is 3.79. The molecule has 86 valence electrons. The molecule has 2 aliphatic rings. The van der Waals surface area contributed by atoms with Gasteiger partial charge in [0.05, 0.1) is 0 Å². The molecule has 1 aromatic rings. The van der Waals surface area contributed by atoms with Gasteiger partial charge in [0.25, 0.3) is 0 Å². The number of hydrogen-bond acceptors (Lipinski definition) is 2. The molecule has 1 heterocycles. The van der Waals surface area contributed by atoms with E-state index in [1.165, 1.54) is 18.4 Å². The van der Waals surface area contributed by atoms with Crippen molar-refractivity contribution in [3.8, 4) is 0 Å². The summed E-state index contributed by atoms with van der Waals surface area (Å²) in [6.07, 6.45) is 3.59. The van der Waals surface area contributed by atoms with Crippen LogP contribution in [-0.4, -0.2) is 19.1 Å². The Morgan fingerprint density at radius 3 is 2.94 bits per heavy atom. The zero-order chi connectivity index (χ0) is 11.1. The second-order valence-corrected chi connectivity index (χ2v) is 4.86. The summed E-state index contributed by atoms with van der Waals surface area (Å²) >= 11 is 0. The fourth-order valence-electron chi connectivity index (χ4n) is 2.78. The fraction of sp³-hybridized carbons (Fsp3) is 0.538. The Labute approximate surface area is 95.2 Å². The van der Waals surface area contributed by atoms with Crippen LogP contribution in [-0.2, 0) is 6.42 Å². The predicted molar refractivity (Wildman–Crippen MR) is 63.0 cm³/mol. The number of rotatable bonds is 3. The van der Waals surface area contributed by atoms with E-state index in [-0.39, 0.29) is 5.82 Å².